The lowest BCUT2D eigenvalue weighted by atomic mass is 10.2. The average Bonchev–Trinajstić information content (AvgIpc) is 2.39. The molecule has 0 radical (unpaired) electrons. The van der Waals surface area contributed by atoms with Crippen LogP contribution in [0, 0.1) is 30.2 Å². The van der Waals surface area contributed by atoms with Crippen LogP contribution < -0.4 is 4.72 Å². The molecule has 1 N–H and O–H groups in total. The Kier molecular flexibility index (Phi) is 3.91. The summed E-state index contributed by atoms with van der Waals surface area (Å²) < 4.78 is 78.6. The molecule has 3 nitrogen and oxygen atoms in total. The minimum Gasteiger partial charge on any atom is -0.277 e. The van der Waals surface area contributed by atoms with Gasteiger partial charge in [0, 0.05) is 0 Å². The highest BCUT2D eigenvalue weighted by molar-refractivity contribution is 7.92. The average molecular weight is 319 g/mol. The fourth-order valence-corrected chi connectivity index (χ4v) is 2.76. The zero-order valence-electron chi connectivity index (χ0n) is 10.6. The number of rotatable bonds is 3. The van der Waals surface area contributed by atoms with Crippen LogP contribution in [0.1, 0.15) is 5.56 Å². The molecule has 0 saturated heterocycles. The summed E-state index contributed by atoms with van der Waals surface area (Å²) >= 11 is 0. The van der Waals surface area contributed by atoms with Gasteiger partial charge in [-0.3, -0.25) is 4.72 Å². The standard InChI is InChI=1S/C13H9F4NO2S/c1-7-2-4-10(9(15)6-7)18-21(19,20)11-5-3-8(14)12(16)13(11)17/h2-6,18H,1H3. The molecule has 2 rings (SSSR count). The minimum atomic E-state index is -4.59. The van der Waals surface area contributed by atoms with Crippen molar-refractivity contribution < 1.29 is 26.0 Å². The fourth-order valence-electron chi connectivity index (χ4n) is 1.62. The Hall–Kier alpha value is -2.09. The van der Waals surface area contributed by atoms with E-state index in [9.17, 15) is 26.0 Å². The van der Waals surface area contributed by atoms with Crippen LogP contribution >= 0.6 is 0 Å². The number of anilines is 1. The number of hydrogen-bond donors (Lipinski definition) is 1. The van der Waals surface area contributed by atoms with Crippen molar-refractivity contribution >= 4 is 15.7 Å². The van der Waals surface area contributed by atoms with E-state index >= 15 is 0 Å². The lowest BCUT2D eigenvalue weighted by Gasteiger charge is -2.10. The molecule has 0 aliphatic rings. The highest BCUT2D eigenvalue weighted by Crippen LogP contribution is 2.24. The smallest absolute Gasteiger partial charge is 0.265 e. The molecule has 0 aliphatic carbocycles. The molecule has 0 aliphatic heterocycles. The molecule has 112 valence electrons. The molecule has 0 amide bonds. The maximum Gasteiger partial charge on any atom is 0.265 e. The Balaban J connectivity index is 2.46. The molecule has 0 aromatic heterocycles. The molecule has 0 bridgehead atoms. The van der Waals surface area contributed by atoms with Crippen molar-refractivity contribution in [3.63, 3.8) is 0 Å². The Morgan fingerprint density at radius 3 is 2.19 bits per heavy atom. The van der Waals surface area contributed by atoms with Gasteiger partial charge in [0.15, 0.2) is 17.5 Å². The van der Waals surface area contributed by atoms with Gasteiger partial charge < -0.3 is 0 Å². The number of nitrogens with one attached hydrogen (secondary N) is 1. The molecule has 0 spiro atoms. The van der Waals surface area contributed by atoms with Crippen molar-refractivity contribution in [1.29, 1.82) is 0 Å². The Morgan fingerprint density at radius 2 is 1.57 bits per heavy atom. The highest BCUT2D eigenvalue weighted by Gasteiger charge is 2.24. The summed E-state index contributed by atoms with van der Waals surface area (Å²) in [5.41, 5.74) is 0.124. The van der Waals surface area contributed by atoms with Gasteiger partial charge in [-0.1, -0.05) is 6.07 Å². The third-order valence-corrected chi connectivity index (χ3v) is 4.04. The SMILES string of the molecule is Cc1ccc(NS(=O)(=O)c2ccc(F)c(F)c2F)c(F)c1. The summed E-state index contributed by atoms with van der Waals surface area (Å²) in [6, 6.07) is 4.67. The summed E-state index contributed by atoms with van der Waals surface area (Å²) in [5, 5.41) is 0. The second-order valence-electron chi connectivity index (χ2n) is 4.26. The Labute approximate surface area is 118 Å². The first kappa shape index (κ1) is 15.3. The van der Waals surface area contributed by atoms with Gasteiger partial charge in [0.25, 0.3) is 10.0 Å². The largest absolute Gasteiger partial charge is 0.277 e. The third-order valence-electron chi connectivity index (χ3n) is 2.66. The van der Waals surface area contributed by atoms with Crippen molar-refractivity contribution in [2.24, 2.45) is 0 Å². The molecule has 2 aromatic rings. The van der Waals surface area contributed by atoms with E-state index in [1.165, 1.54) is 6.07 Å². The second kappa shape index (κ2) is 5.36. The number of hydrogen-bond acceptors (Lipinski definition) is 2. The van der Waals surface area contributed by atoms with Crippen molar-refractivity contribution in [3.8, 4) is 0 Å². The van der Waals surface area contributed by atoms with Crippen LogP contribution in [0.4, 0.5) is 23.2 Å². The minimum absolute atomic E-state index is 0.426. The van der Waals surface area contributed by atoms with E-state index in [-0.39, 0.29) is 0 Å². The zero-order chi connectivity index (χ0) is 15.8. The zero-order valence-corrected chi connectivity index (χ0v) is 11.4. The number of sulfonamides is 1. The number of aryl methyl sites for hydroxylation is 1. The van der Waals surface area contributed by atoms with Crippen LogP contribution in [0.2, 0.25) is 0 Å². The quantitative estimate of drug-likeness (QED) is 0.696. The lowest BCUT2D eigenvalue weighted by Crippen LogP contribution is -2.16. The fraction of sp³-hybridized carbons (Fsp3) is 0.0769. The highest BCUT2D eigenvalue weighted by atomic mass is 32.2. The van der Waals surface area contributed by atoms with Crippen molar-refractivity contribution in [2.75, 3.05) is 4.72 Å². The topological polar surface area (TPSA) is 46.2 Å². The Morgan fingerprint density at radius 1 is 0.905 bits per heavy atom. The van der Waals surface area contributed by atoms with Crippen LogP contribution in [0.5, 0.6) is 0 Å². The molecule has 0 unspecified atom stereocenters. The van der Waals surface area contributed by atoms with Crippen molar-refractivity contribution in [1.82, 2.24) is 0 Å². The lowest BCUT2D eigenvalue weighted by molar-refractivity contribution is 0.432. The Bertz CT molecular complexity index is 806. The van der Waals surface area contributed by atoms with E-state index in [4.69, 9.17) is 0 Å². The third kappa shape index (κ3) is 2.99. The van der Waals surface area contributed by atoms with Crippen LogP contribution in [0.25, 0.3) is 0 Å². The first-order valence-electron chi connectivity index (χ1n) is 5.65. The maximum atomic E-state index is 13.6. The molecule has 0 heterocycles. The predicted octanol–water partition coefficient (Wildman–Crippen LogP) is 3.35. The van der Waals surface area contributed by atoms with Gasteiger partial charge in [0.2, 0.25) is 0 Å². The molecular formula is C13H9F4NO2S. The van der Waals surface area contributed by atoms with Gasteiger partial charge in [-0.15, -0.1) is 0 Å². The molecule has 0 fully saturated rings. The van der Waals surface area contributed by atoms with Crippen molar-refractivity contribution in [3.05, 3.63) is 59.2 Å². The second-order valence-corrected chi connectivity index (χ2v) is 5.91. The normalized spacial score (nSPS) is 11.5. The van der Waals surface area contributed by atoms with Gasteiger partial charge in [-0.25, -0.2) is 26.0 Å². The molecule has 0 saturated carbocycles. The van der Waals surface area contributed by atoms with Gasteiger partial charge >= 0.3 is 0 Å². The molecular weight excluding hydrogens is 310 g/mol. The van der Waals surface area contributed by atoms with E-state index in [1.54, 1.807) is 11.6 Å². The van der Waals surface area contributed by atoms with Gasteiger partial charge in [-0.05, 0) is 36.8 Å². The first-order valence-corrected chi connectivity index (χ1v) is 7.13. The monoisotopic (exact) mass is 319 g/mol. The molecule has 21 heavy (non-hydrogen) atoms. The molecule has 8 heteroatoms. The summed E-state index contributed by atoms with van der Waals surface area (Å²) in [4.78, 5) is -1.11. The van der Waals surface area contributed by atoms with Crippen LogP contribution in [-0.4, -0.2) is 8.42 Å². The summed E-state index contributed by atoms with van der Waals surface area (Å²) in [6.07, 6.45) is 0. The van der Waals surface area contributed by atoms with Gasteiger partial charge in [0.1, 0.15) is 10.7 Å². The van der Waals surface area contributed by atoms with E-state index in [0.717, 1.165) is 12.1 Å². The van der Waals surface area contributed by atoms with E-state index < -0.39 is 43.9 Å². The number of halogens is 4. The first-order chi connectivity index (χ1) is 9.72. The van der Waals surface area contributed by atoms with E-state index in [1.807, 2.05) is 0 Å². The van der Waals surface area contributed by atoms with E-state index in [0.29, 0.717) is 17.7 Å². The summed E-state index contributed by atoms with van der Waals surface area (Å²) in [6.45, 7) is 1.59. The van der Waals surface area contributed by atoms with Gasteiger partial charge in [-0.2, -0.15) is 0 Å². The van der Waals surface area contributed by atoms with Crippen LogP contribution in [0.3, 0.4) is 0 Å². The molecule has 2 aromatic carbocycles. The summed E-state index contributed by atoms with van der Waals surface area (Å²) in [5.74, 6) is -6.17. The van der Waals surface area contributed by atoms with E-state index in [2.05, 4.69) is 0 Å². The van der Waals surface area contributed by atoms with Crippen molar-refractivity contribution in [2.45, 2.75) is 11.8 Å². The molecule has 0 atom stereocenters. The van der Waals surface area contributed by atoms with Gasteiger partial charge in [0.05, 0.1) is 5.69 Å². The van der Waals surface area contributed by atoms with Crippen LogP contribution in [-0.2, 0) is 10.0 Å². The van der Waals surface area contributed by atoms with Crippen LogP contribution in [0.15, 0.2) is 35.2 Å². The summed E-state index contributed by atoms with van der Waals surface area (Å²) in [7, 11) is -4.59. The maximum absolute atomic E-state index is 13.6. The predicted molar refractivity (Wildman–Crippen MR) is 68.3 cm³/mol. The number of benzene rings is 2.